The van der Waals surface area contributed by atoms with E-state index >= 15 is 0 Å². The van der Waals surface area contributed by atoms with Crippen LogP contribution in [0.5, 0.6) is 5.75 Å². The topological polar surface area (TPSA) is 24.5 Å². The van der Waals surface area contributed by atoms with Crippen LogP contribution in [0.2, 0.25) is 0 Å². The first-order chi connectivity index (χ1) is 10.1. The fourth-order valence-electron chi connectivity index (χ4n) is 2.22. The first-order valence-electron chi connectivity index (χ1n) is 6.91. The van der Waals surface area contributed by atoms with Gasteiger partial charge in [0.2, 0.25) is 0 Å². The van der Waals surface area contributed by atoms with Crippen LogP contribution in [0.3, 0.4) is 0 Å². The Kier molecular flexibility index (Phi) is 5.65. The summed E-state index contributed by atoms with van der Waals surface area (Å²) in [7, 11) is 5.73. The van der Waals surface area contributed by atoms with E-state index in [1.54, 1.807) is 7.11 Å². The zero-order valence-electron chi connectivity index (χ0n) is 12.7. The molecule has 0 amide bonds. The number of benzene rings is 2. The van der Waals surface area contributed by atoms with E-state index < -0.39 is 0 Å². The Morgan fingerprint density at radius 3 is 2.43 bits per heavy atom. The fraction of sp³-hybridized carbons (Fsp3) is 0.294. The van der Waals surface area contributed by atoms with E-state index in [1.165, 1.54) is 16.8 Å². The first kappa shape index (κ1) is 15.9. The number of nitrogens with zero attached hydrogens (tertiary/aromatic N) is 1. The molecule has 0 atom stereocenters. The van der Waals surface area contributed by atoms with Crippen molar-refractivity contribution in [3.05, 3.63) is 58.1 Å². The van der Waals surface area contributed by atoms with Gasteiger partial charge in [0, 0.05) is 30.3 Å². The molecule has 21 heavy (non-hydrogen) atoms. The Balaban J connectivity index is 2.09. The zero-order chi connectivity index (χ0) is 15.2. The van der Waals surface area contributed by atoms with Gasteiger partial charge in [-0.25, -0.2) is 0 Å². The number of hydrogen-bond acceptors (Lipinski definition) is 3. The summed E-state index contributed by atoms with van der Waals surface area (Å²) in [4.78, 5) is 2.22. The zero-order valence-corrected chi connectivity index (χ0v) is 14.3. The maximum absolute atomic E-state index is 5.19. The molecular weight excluding hydrogens is 328 g/mol. The highest BCUT2D eigenvalue weighted by atomic mass is 79.9. The molecule has 2 aromatic carbocycles. The predicted octanol–water partition coefficient (Wildman–Crippen LogP) is 3.81. The normalized spacial score (nSPS) is 10.5. The molecule has 0 bridgehead atoms. The average Bonchev–Trinajstić information content (AvgIpc) is 2.50. The number of anilines is 1. The summed E-state index contributed by atoms with van der Waals surface area (Å²) in [5.74, 6) is 0.879. The molecule has 0 aliphatic carbocycles. The molecule has 2 rings (SSSR count). The molecule has 0 aromatic heterocycles. The van der Waals surface area contributed by atoms with Crippen molar-refractivity contribution < 1.29 is 4.74 Å². The molecule has 0 aliphatic heterocycles. The van der Waals surface area contributed by atoms with Crippen LogP contribution in [0.25, 0.3) is 0 Å². The molecule has 2 aromatic rings. The molecule has 1 N–H and O–H groups in total. The molecule has 3 nitrogen and oxygen atoms in total. The highest BCUT2D eigenvalue weighted by molar-refractivity contribution is 9.10. The number of rotatable bonds is 6. The van der Waals surface area contributed by atoms with Gasteiger partial charge >= 0.3 is 0 Å². The van der Waals surface area contributed by atoms with Crippen LogP contribution in [-0.2, 0) is 13.1 Å². The molecule has 0 fully saturated rings. The minimum atomic E-state index is 0.854. The van der Waals surface area contributed by atoms with Crippen LogP contribution in [0.4, 0.5) is 5.69 Å². The second-order valence-corrected chi connectivity index (χ2v) is 5.86. The van der Waals surface area contributed by atoms with Gasteiger partial charge in [-0.15, -0.1) is 0 Å². The third-order valence-electron chi connectivity index (χ3n) is 3.42. The summed E-state index contributed by atoms with van der Waals surface area (Å²) in [6.07, 6.45) is 0. The van der Waals surface area contributed by atoms with E-state index in [2.05, 4.69) is 63.5 Å². The van der Waals surface area contributed by atoms with Crippen LogP contribution >= 0.6 is 15.9 Å². The van der Waals surface area contributed by atoms with E-state index in [9.17, 15) is 0 Å². The molecule has 112 valence electrons. The van der Waals surface area contributed by atoms with Gasteiger partial charge in [-0.1, -0.05) is 28.1 Å². The third kappa shape index (κ3) is 4.22. The summed E-state index contributed by atoms with van der Waals surface area (Å²) in [6, 6.07) is 14.6. The molecular formula is C17H21BrN2O. The van der Waals surface area contributed by atoms with Crippen molar-refractivity contribution in [3.8, 4) is 5.75 Å². The Bertz CT molecular complexity index is 584. The van der Waals surface area contributed by atoms with E-state index in [-0.39, 0.29) is 0 Å². The van der Waals surface area contributed by atoms with Crippen molar-refractivity contribution in [2.75, 3.05) is 26.1 Å². The lowest BCUT2D eigenvalue weighted by atomic mass is 10.1. The van der Waals surface area contributed by atoms with Gasteiger partial charge in [0.25, 0.3) is 0 Å². The minimum Gasteiger partial charge on any atom is -0.497 e. The molecule has 0 radical (unpaired) electrons. The summed E-state index contributed by atoms with van der Waals surface area (Å²) < 4.78 is 6.34. The second kappa shape index (κ2) is 7.48. The fourth-order valence-corrected chi connectivity index (χ4v) is 2.77. The molecule has 0 unspecified atom stereocenters. The highest BCUT2D eigenvalue weighted by Gasteiger charge is 2.06. The first-order valence-corrected chi connectivity index (χ1v) is 7.70. The van der Waals surface area contributed by atoms with E-state index in [0.29, 0.717) is 0 Å². The van der Waals surface area contributed by atoms with Crippen molar-refractivity contribution >= 4 is 21.6 Å². The van der Waals surface area contributed by atoms with Crippen LogP contribution < -0.4 is 15.0 Å². The van der Waals surface area contributed by atoms with Crippen LogP contribution in [0, 0.1) is 0 Å². The third-order valence-corrected chi connectivity index (χ3v) is 4.16. The van der Waals surface area contributed by atoms with Crippen LogP contribution in [0.15, 0.2) is 46.9 Å². The smallest absolute Gasteiger partial charge is 0.119 e. The molecule has 0 aliphatic rings. The van der Waals surface area contributed by atoms with Crippen molar-refractivity contribution in [2.45, 2.75) is 13.1 Å². The quantitative estimate of drug-likeness (QED) is 0.858. The lowest BCUT2D eigenvalue weighted by Gasteiger charge is -2.20. The molecule has 0 heterocycles. The molecule has 4 heteroatoms. The van der Waals surface area contributed by atoms with Crippen molar-refractivity contribution in [1.29, 1.82) is 0 Å². The number of halogens is 1. The van der Waals surface area contributed by atoms with Crippen molar-refractivity contribution in [2.24, 2.45) is 0 Å². The van der Waals surface area contributed by atoms with Crippen molar-refractivity contribution in [3.63, 3.8) is 0 Å². The molecule has 0 saturated heterocycles. The Morgan fingerprint density at radius 2 is 1.86 bits per heavy atom. The van der Waals surface area contributed by atoms with Gasteiger partial charge in [-0.05, 0) is 48.5 Å². The summed E-state index contributed by atoms with van der Waals surface area (Å²) in [5, 5.41) is 3.16. The van der Waals surface area contributed by atoms with E-state index in [1.807, 2.05) is 19.2 Å². The number of nitrogens with one attached hydrogen (secondary N) is 1. The number of ether oxygens (including phenoxy) is 1. The van der Waals surface area contributed by atoms with E-state index in [0.717, 1.165) is 23.3 Å². The monoisotopic (exact) mass is 348 g/mol. The van der Waals surface area contributed by atoms with Gasteiger partial charge in [-0.2, -0.15) is 0 Å². The van der Waals surface area contributed by atoms with Crippen LogP contribution in [-0.4, -0.2) is 21.2 Å². The van der Waals surface area contributed by atoms with Crippen molar-refractivity contribution in [1.82, 2.24) is 5.32 Å². The Morgan fingerprint density at radius 1 is 1.14 bits per heavy atom. The minimum absolute atomic E-state index is 0.854. The average molecular weight is 349 g/mol. The van der Waals surface area contributed by atoms with Gasteiger partial charge in [0.1, 0.15) is 5.75 Å². The Labute approximate surface area is 135 Å². The maximum Gasteiger partial charge on any atom is 0.119 e. The Hall–Kier alpha value is -1.52. The lowest BCUT2D eigenvalue weighted by molar-refractivity contribution is 0.415. The van der Waals surface area contributed by atoms with Gasteiger partial charge in [-0.3, -0.25) is 0 Å². The number of hydrogen-bond donors (Lipinski definition) is 1. The summed E-state index contributed by atoms with van der Waals surface area (Å²) in [5.41, 5.74) is 3.72. The predicted molar refractivity (Wildman–Crippen MR) is 92.0 cm³/mol. The van der Waals surface area contributed by atoms with Crippen LogP contribution in [0.1, 0.15) is 11.1 Å². The molecule has 0 spiro atoms. The standard InChI is InChI=1S/C17H21BrN2O/c1-19-11-13-4-5-14(17(18)10-13)12-20(2)15-6-8-16(21-3)9-7-15/h4-10,19H,11-12H2,1-3H3. The van der Waals surface area contributed by atoms with E-state index in [4.69, 9.17) is 4.74 Å². The maximum atomic E-state index is 5.19. The molecule has 0 saturated carbocycles. The van der Waals surface area contributed by atoms with Gasteiger partial charge in [0.15, 0.2) is 0 Å². The number of methoxy groups -OCH3 is 1. The summed E-state index contributed by atoms with van der Waals surface area (Å²) in [6.45, 7) is 1.74. The largest absolute Gasteiger partial charge is 0.497 e. The highest BCUT2D eigenvalue weighted by Crippen LogP contribution is 2.24. The SMILES string of the molecule is CNCc1ccc(CN(C)c2ccc(OC)cc2)c(Br)c1. The summed E-state index contributed by atoms with van der Waals surface area (Å²) >= 11 is 3.67. The second-order valence-electron chi connectivity index (χ2n) is 5.01. The lowest BCUT2D eigenvalue weighted by Crippen LogP contribution is -2.16. The van der Waals surface area contributed by atoms with Gasteiger partial charge < -0.3 is 15.0 Å². The van der Waals surface area contributed by atoms with Gasteiger partial charge in [0.05, 0.1) is 7.11 Å².